The molecule has 1 saturated carbocycles. The van der Waals surface area contributed by atoms with Crippen molar-refractivity contribution in [2.75, 3.05) is 14.2 Å². The van der Waals surface area contributed by atoms with E-state index in [1.807, 2.05) is 32.3 Å². The second-order valence-electron chi connectivity index (χ2n) is 8.89. The number of pyridine rings is 1. The smallest absolute Gasteiger partial charge is 0.00652 e. The van der Waals surface area contributed by atoms with Crippen molar-refractivity contribution in [3.05, 3.63) is 58.7 Å². The Balaban J connectivity index is 0.000000242. The first-order chi connectivity index (χ1) is 18.6. The molecule has 9 nitrogen and oxygen atoms in total. The van der Waals surface area contributed by atoms with Crippen LogP contribution >= 0.6 is 0 Å². The maximum absolute atomic E-state index is 13.8. The Hall–Kier alpha value is -3.07. The number of aryl methyl sites for hydroxylation is 1. The number of furan rings is 1. The molecule has 1 atom stereocenters. The summed E-state index contributed by atoms with van der Waals surface area (Å²) in [6.07, 6.45) is 6.18. The number of nitrogens with two attached hydrogens (primary N) is 1. The average Bonchev–Trinajstić information content (AvgIpc) is 3.69. The summed E-state index contributed by atoms with van der Waals surface area (Å²) in [4.78, 5) is 37.0. The Bertz CT molecular complexity index is 1320. The van der Waals surface area contributed by atoms with E-state index in [4.69, 9.17) is 14.9 Å². The average molecular weight is 710 g/mol. The molecule has 2 heterocycles. The van der Waals surface area contributed by atoms with Crippen LogP contribution < -0.4 is 21.1 Å². The van der Waals surface area contributed by atoms with Gasteiger partial charge in [0, 0.05) is 23.9 Å². The molecule has 4 N–H and O–H groups in total. The summed E-state index contributed by atoms with van der Waals surface area (Å²) >= 11 is 1.29. The Morgan fingerprint density at radius 2 is 2.00 bits per heavy atom. The van der Waals surface area contributed by atoms with Crippen LogP contribution in [0.1, 0.15) is 67.3 Å². The third-order valence-electron chi connectivity index (χ3n) is 6.25. The predicted molar refractivity (Wildman–Crippen MR) is 144 cm³/mol. The Labute approximate surface area is 238 Å². The maximum atomic E-state index is 13.8. The third-order valence-corrected chi connectivity index (χ3v) is 6.98. The zero-order valence-electron chi connectivity index (χ0n) is 22.8. The summed E-state index contributed by atoms with van der Waals surface area (Å²) in [5, 5.41) is 5.16. The molecule has 2 aromatic heterocycles. The number of aldehydes is 1. The number of nitrogens with one attached hydrogen (secondary N) is 2. The van der Waals surface area contributed by atoms with Gasteiger partial charge in [0.2, 0.25) is 6.41 Å². The maximum Gasteiger partial charge on any atom is 0.00652 e. The van der Waals surface area contributed by atoms with Gasteiger partial charge in [-0.3, -0.25) is 24.7 Å². The van der Waals surface area contributed by atoms with Crippen molar-refractivity contribution in [3.8, 4) is 5.75 Å². The number of fused-ring (bicyclic) bond motifs is 1. The van der Waals surface area contributed by atoms with Crippen LogP contribution in [0.15, 0.2) is 34.9 Å². The van der Waals surface area contributed by atoms with E-state index < -0.39 is 11.4 Å². The molecule has 2 amide bonds. The molecule has 1 fully saturated rings. The van der Waals surface area contributed by atoms with Crippen LogP contribution in [0.25, 0.3) is 11.1 Å². The number of nitrogens with zero attached hydrogens (tertiary/aromatic N) is 1. The van der Waals surface area contributed by atoms with Crippen LogP contribution in [0, 0.1) is 5.82 Å². The number of ether oxygens (including phenoxy) is 1. The van der Waals surface area contributed by atoms with Gasteiger partial charge in [-0.2, -0.15) is 0 Å². The second kappa shape index (κ2) is 14.9. The topological polar surface area (TPSA) is 137 Å². The van der Waals surface area contributed by atoms with Gasteiger partial charge in [0.05, 0.1) is 0 Å². The molecule has 3 aromatic rings. The molecule has 4 rings (SSSR count). The van der Waals surface area contributed by atoms with E-state index in [9.17, 15) is 18.8 Å². The van der Waals surface area contributed by atoms with Crippen LogP contribution in [0.2, 0.25) is 0 Å². The van der Waals surface area contributed by atoms with Gasteiger partial charge in [-0.1, -0.05) is 6.92 Å². The molecule has 0 aliphatic heterocycles. The molecule has 39 heavy (non-hydrogen) atoms. The van der Waals surface area contributed by atoms with Crippen LogP contribution in [0.3, 0.4) is 0 Å². The molecular formula is C28H35FN4O5W. The summed E-state index contributed by atoms with van der Waals surface area (Å²) in [6, 6.07) is 7.54. The van der Waals surface area contributed by atoms with Crippen molar-refractivity contribution in [3.63, 3.8) is 0 Å². The van der Waals surface area contributed by atoms with E-state index >= 15 is 0 Å². The Morgan fingerprint density at radius 1 is 1.31 bits per heavy atom. The predicted octanol–water partition coefficient (Wildman–Crippen LogP) is 3.33. The van der Waals surface area contributed by atoms with E-state index in [-0.39, 0.29) is 24.4 Å². The number of halogens is 1. The number of aromatic nitrogens is 1. The molecule has 0 radical (unpaired) electrons. The zero-order chi connectivity index (χ0) is 29.2. The van der Waals surface area contributed by atoms with Crippen molar-refractivity contribution in [1.82, 2.24) is 15.6 Å². The number of methoxy groups -OCH3 is 1. The fraction of sp³-hybridized carbons (Fsp3) is 0.393. The number of hydrogen-bond donors (Lipinski definition) is 3. The number of rotatable bonds is 9. The largest absolute Gasteiger partial charge is 0.317 e. The summed E-state index contributed by atoms with van der Waals surface area (Å²) in [5.74, 6) is -0.369. The standard InChI is InChI=1S/C13H13N3O4.C11H13FO.C4H9N.W/c1-2-13(14,12(19)16-7-18)11-4-9-10(20-11)3-8(6-17)5-15-9;1-4-8-6-7-10(13-3)11(12)9(8)5-2;1-5-4-2-3-4;/h3-7H,2,14H2,1H3,(H,16,18,19);6-7H,4H2,1-3H3;4-5H,2-3H2,1H3;/t13-;;;/m0.../s1. The molecule has 1 aliphatic carbocycles. The fourth-order valence-electron chi connectivity index (χ4n) is 3.65. The fourth-order valence-corrected chi connectivity index (χ4v) is 4.44. The molecule has 0 saturated heterocycles. The minimum atomic E-state index is -1.47. The van der Waals surface area contributed by atoms with Crippen molar-refractivity contribution in [1.29, 1.82) is 0 Å². The number of carbonyl (C=O) groups is 3. The minimum Gasteiger partial charge on any atom is -0.317 e. The van der Waals surface area contributed by atoms with Crippen LogP contribution in [0.5, 0.6) is 5.75 Å². The second-order valence-corrected chi connectivity index (χ2v) is 11.1. The van der Waals surface area contributed by atoms with Gasteiger partial charge in [0.25, 0.3) is 5.91 Å². The van der Waals surface area contributed by atoms with Crippen molar-refractivity contribution in [2.24, 2.45) is 5.73 Å². The first-order valence-corrected chi connectivity index (χ1v) is 14.0. The van der Waals surface area contributed by atoms with Gasteiger partial charge in [0.15, 0.2) is 17.4 Å². The van der Waals surface area contributed by atoms with E-state index in [1.54, 1.807) is 13.0 Å². The van der Waals surface area contributed by atoms with Gasteiger partial charge in [-0.25, -0.2) is 0 Å². The van der Waals surface area contributed by atoms with Gasteiger partial charge in [-0.15, -0.1) is 0 Å². The number of imide groups is 1. The van der Waals surface area contributed by atoms with Crippen LogP contribution in [0.4, 0.5) is 4.39 Å². The Morgan fingerprint density at radius 3 is 2.46 bits per heavy atom. The summed E-state index contributed by atoms with van der Waals surface area (Å²) in [7, 11) is 3.50. The van der Waals surface area contributed by atoms with E-state index in [0.29, 0.717) is 28.7 Å². The van der Waals surface area contributed by atoms with E-state index in [2.05, 4.69) is 10.3 Å². The van der Waals surface area contributed by atoms with E-state index in [1.165, 1.54) is 57.6 Å². The quantitative estimate of drug-likeness (QED) is 0.288. The molecule has 210 valence electrons. The molecular weight excluding hydrogens is 675 g/mol. The summed E-state index contributed by atoms with van der Waals surface area (Å²) in [6.45, 7) is 5.68. The first-order valence-electron chi connectivity index (χ1n) is 12.5. The van der Waals surface area contributed by atoms with E-state index in [0.717, 1.165) is 27.5 Å². The van der Waals surface area contributed by atoms with Gasteiger partial charge >= 0.3 is 94.6 Å². The molecule has 11 heteroatoms. The van der Waals surface area contributed by atoms with Crippen LogP contribution in [-0.4, -0.2) is 47.7 Å². The van der Waals surface area contributed by atoms with Crippen molar-refractivity contribution in [2.45, 2.75) is 58.0 Å². The minimum absolute atomic E-state index is 0.185. The van der Waals surface area contributed by atoms with Crippen LogP contribution in [-0.2, 0) is 40.9 Å². The SMILES string of the molecule is CC[C@@](N)(C(=O)NC=O)c1cc2ncc(C=O)cc2o1.CCc1ccc(OC)c(F)c1[C](C)=[W].CNC1CC1. The zero-order valence-corrected chi connectivity index (χ0v) is 25.7. The molecule has 1 aliphatic rings. The molecule has 0 unspecified atom stereocenters. The Kier molecular flexibility index (Phi) is 12.3. The first kappa shape index (κ1) is 32.1. The van der Waals surface area contributed by atoms with Gasteiger partial charge in [-0.05, 0) is 32.4 Å². The number of amides is 2. The number of hydrogen-bond acceptors (Lipinski definition) is 8. The van der Waals surface area contributed by atoms with Gasteiger partial charge < -0.3 is 15.5 Å². The monoisotopic (exact) mass is 710 g/mol. The number of carbonyl (C=O) groups excluding carboxylic acids is 3. The summed E-state index contributed by atoms with van der Waals surface area (Å²) in [5.41, 5.74) is 7.53. The third kappa shape index (κ3) is 8.21. The van der Waals surface area contributed by atoms with Gasteiger partial charge in [0.1, 0.15) is 11.3 Å². The number of benzene rings is 1. The molecule has 1 aromatic carbocycles. The molecule has 0 spiro atoms. The molecule has 0 bridgehead atoms. The summed E-state index contributed by atoms with van der Waals surface area (Å²) < 4.78 is 25.4. The normalized spacial score (nSPS) is 13.6. The van der Waals surface area contributed by atoms with Crippen molar-refractivity contribution < 1.29 is 47.3 Å². The van der Waals surface area contributed by atoms with Crippen molar-refractivity contribution >= 4 is 33.6 Å².